The highest BCUT2D eigenvalue weighted by Gasteiger charge is 2.23. The van der Waals surface area contributed by atoms with E-state index in [-0.39, 0.29) is 11.8 Å². The first-order chi connectivity index (χ1) is 10.1. The van der Waals surface area contributed by atoms with Crippen molar-refractivity contribution in [3.63, 3.8) is 0 Å². The number of hydrogen-bond donors (Lipinski definition) is 3. The summed E-state index contributed by atoms with van der Waals surface area (Å²) in [5.41, 5.74) is 7.06. The van der Waals surface area contributed by atoms with E-state index in [1.165, 1.54) is 0 Å². The second-order valence-electron chi connectivity index (χ2n) is 5.20. The van der Waals surface area contributed by atoms with Crippen molar-refractivity contribution in [3.05, 3.63) is 29.8 Å². The van der Waals surface area contributed by atoms with Gasteiger partial charge in [-0.15, -0.1) is 0 Å². The molecule has 1 aliphatic rings. The molecule has 0 bridgehead atoms. The van der Waals surface area contributed by atoms with Crippen LogP contribution < -0.4 is 16.4 Å². The van der Waals surface area contributed by atoms with Gasteiger partial charge >= 0.3 is 0 Å². The third kappa shape index (κ3) is 5.06. The highest BCUT2D eigenvalue weighted by atomic mass is 32.2. The second kappa shape index (κ2) is 7.47. The van der Waals surface area contributed by atoms with Crippen molar-refractivity contribution in [2.75, 3.05) is 17.3 Å². The summed E-state index contributed by atoms with van der Waals surface area (Å²) in [5.74, 6) is 0.598. The van der Waals surface area contributed by atoms with Crippen molar-refractivity contribution in [1.82, 2.24) is 5.32 Å². The first-order valence-corrected chi connectivity index (χ1v) is 8.46. The number of benzene rings is 1. The monoisotopic (exact) mass is 307 g/mol. The number of amides is 2. The van der Waals surface area contributed by atoms with Crippen molar-refractivity contribution in [1.29, 1.82) is 0 Å². The fourth-order valence-corrected chi connectivity index (χ4v) is 2.30. The number of thioether (sulfide) groups is 1. The minimum absolute atomic E-state index is 0.0629. The molecular weight excluding hydrogens is 286 g/mol. The Balaban J connectivity index is 1.86. The molecule has 0 aromatic heterocycles. The Morgan fingerprint density at radius 1 is 1.33 bits per heavy atom. The third-order valence-corrected chi connectivity index (χ3v) is 3.94. The minimum Gasteiger partial charge on any atom is -0.349 e. The molecule has 1 aromatic carbocycles. The zero-order valence-corrected chi connectivity index (χ0v) is 12.9. The Morgan fingerprint density at radius 3 is 2.57 bits per heavy atom. The van der Waals surface area contributed by atoms with Crippen LogP contribution in [-0.2, 0) is 4.79 Å². The van der Waals surface area contributed by atoms with Gasteiger partial charge in [0.15, 0.2) is 0 Å². The molecule has 0 radical (unpaired) electrons. The molecule has 0 heterocycles. The van der Waals surface area contributed by atoms with E-state index in [4.69, 9.17) is 5.73 Å². The Morgan fingerprint density at radius 2 is 2.00 bits per heavy atom. The second-order valence-corrected chi connectivity index (χ2v) is 6.19. The largest absolute Gasteiger partial charge is 0.349 e. The predicted molar refractivity (Wildman–Crippen MR) is 86.5 cm³/mol. The highest BCUT2D eigenvalue weighted by Crippen LogP contribution is 2.19. The number of anilines is 1. The van der Waals surface area contributed by atoms with E-state index in [2.05, 4.69) is 10.6 Å². The van der Waals surface area contributed by atoms with Gasteiger partial charge in [-0.05, 0) is 55.5 Å². The number of hydrogen-bond acceptors (Lipinski definition) is 4. The van der Waals surface area contributed by atoms with Gasteiger partial charge in [-0.1, -0.05) is 0 Å². The summed E-state index contributed by atoms with van der Waals surface area (Å²) >= 11 is 1.66. The fraction of sp³-hybridized carbons (Fsp3) is 0.467. The van der Waals surface area contributed by atoms with Crippen LogP contribution in [0.15, 0.2) is 24.3 Å². The molecule has 4 N–H and O–H groups in total. The summed E-state index contributed by atoms with van der Waals surface area (Å²) in [7, 11) is 0. The number of carbonyl (C=O) groups excluding carboxylic acids is 2. The predicted octanol–water partition coefficient (Wildman–Crippen LogP) is 1.60. The molecule has 21 heavy (non-hydrogen) atoms. The molecule has 114 valence electrons. The van der Waals surface area contributed by atoms with Crippen molar-refractivity contribution in [3.8, 4) is 0 Å². The number of carbonyl (C=O) groups is 2. The van der Waals surface area contributed by atoms with Crippen molar-refractivity contribution in [2.24, 2.45) is 5.73 Å². The molecule has 1 fully saturated rings. The van der Waals surface area contributed by atoms with Gasteiger partial charge in [-0.2, -0.15) is 11.8 Å². The average Bonchev–Trinajstić information content (AvgIpc) is 3.29. The summed E-state index contributed by atoms with van der Waals surface area (Å²) in [6, 6.07) is 6.70. The van der Waals surface area contributed by atoms with Crippen LogP contribution in [0.3, 0.4) is 0 Å². The third-order valence-electron chi connectivity index (χ3n) is 3.30. The summed E-state index contributed by atoms with van der Waals surface area (Å²) in [4.78, 5) is 23.7. The molecule has 6 heteroatoms. The van der Waals surface area contributed by atoms with Gasteiger partial charge in [0.05, 0.1) is 6.04 Å². The van der Waals surface area contributed by atoms with E-state index in [1.807, 2.05) is 6.26 Å². The molecule has 5 nitrogen and oxygen atoms in total. The van der Waals surface area contributed by atoms with Gasteiger partial charge in [-0.3, -0.25) is 9.59 Å². The number of nitrogens with one attached hydrogen (secondary N) is 2. The lowest BCUT2D eigenvalue weighted by Crippen LogP contribution is -2.36. The van der Waals surface area contributed by atoms with Gasteiger partial charge < -0.3 is 16.4 Å². The maximum atomic E-state index is 11.9. The fourth-order valence-electron chi connectivity index (χ4n) is 1.81. The maximum absolute atomic E-state index is 11.9. The first-order valence-electron chi connectivity index (χ1n) is 7.06. The van der Waals surface area contributed by atoms with Crippen LogP contribution in [0.5, 0.6) is 0 Å². The van der Waals surface area contributed by atoms with Crippen LogP contribution in [-0.4, -0.2) is 35.9 Å². The van der Waals surface area contributed by atoms with E-state index >= 15 is 0 Å². The van der Waals surface area contributed by atoms with Crippen LogP contribution in [0.1, 0.15) is 29.6 Å². The average molecular weight is 307 g/mol. The molecular formula is C15H21N3O2S. The van der Waals surface area contributed by atoms with Crippen LogP contribution in [0.2, 0.25) is 0 Å². The normalized spacial score (nSPS) is 15.3. The molecule has 2 amide bonds. The standard InChI is InChI=1S/C15H21N3O2S/c1-21-9-8-13(16)15(20)18-11-4-2-10(3-5-11)14(19)17-12-6-7-12/h2-5,12-13H,6-9,16H2,1H3,(H,17,19)(H,18,20)/t13-/m1/s1. The topological polar surface area (TPSA) is 84.2 Å². The van der Waals surface area contributed by atoms with E-state index in [9.17, 15) is 9.59 Å². The van der Waals surface area contributed by atoms with Crippen molar-refractivity contribution < 1.29 is 9.59 Å². The zero-order chi connectivity index (χ0) is 15.2. The molecule has 1 aromatic rings. The van der Waals surface area contributed by atoms with E-state index in [1.54, 1.807) is 36.0 Å². The van der Waals surface area contributed by atoms with Gasteiger partial charge in [0, 0.05) is 17.3 Å². The quantitative estimate of drug-likeness (QED) is 0.714. The van der Waals surface area contributed by atoms with Gasteiger partial charge in [0.1, 0.15) is 0 Å². The summed E-state index contributed by atoms with van der Waals surface area (Å²) in [6.07, 6.45) is 4.76. The van der Waals surface area contributed by atoms with Crippen molar-refractivity contribution >= 4 is 29.3 Å². The number of rotatable bonds is 7. The number of nitrogens with two attached hydrogens (primary N) is 1. The van der Waals surface area contributed by atoms with Gasteiger partial charge in [0.2, 0.25) is 5.91 Å². The maximum Gasteiger partial charge on any atom is 0.251 e. The smallest absolute Gasteiger partial charge is 0.251 e. The Bertz CT molecular complexity index is 500. The Labute approximate surface area is 129 Å². The Hall–Kier alpha value is -1.53. The van der Waals surface area contributed by atoms with E-state index in [0.29, 0.717) is 23.7 Å². The minimum atomic E-state index is -0.504. The molecule has 0 saturated heterocycles. The van der Waals surface area contributed by atoms with E-state index < -0.39 is 6.04 Å². The SMILES string of the molecule is CSCC[C@@H](N)C(=O)Nc1ccc(C(=O)NC2CC2)cc1. The van der Waals surface area contributed by atoms with Crippen LogP contribution in [0, 0.1) is 0 Å². The summed E-state index contributed by atoms with van der Waals surface area (Å²) < 4.78 is 0. The molecule has 1 atom stereocenters. The van der Waals surface area contributed by atoms with Gasteiger partial charge in [0.25, 0.3) is 5.91 Å². The Kier molecular flexibility index (Phi) is 5.64. The van der Waals surface area contributed by atoms with Crippen molar-refractivity contribution in [2.45, 2.75) is 31.3 Å². The molecule has 0 spiro atoms. The molecule has 2 rings (SSSR count). The van der Waals surface area contributed by atoms with Crippen LogP contribution in [0.25, 0.3) is 0 Å². The van der Waals surface area contributed by atoms with Crippen LogP contribution in [0.4, 0.5) is 5.69 Å². The van der Waals surface area contributed by atoms with Gasteiger partial charge in [-0.25, -0.2) is 0 Å². The lowest BCUT2D eigenvalue weighted by Gasteiger charge is -2.12. The first kappa shape index (κ1) is 15.9. The molecule has 1 saturated carbocycles. The summed E-state index contributed by atoms with van der Waals surface area (Å²) in [6.45, 7) is 0. The summed E-state index contributed by atoms with van der Waals surface area (Å²) in [5, 5.41) is 5.69. The van der Waals surface area contributed by atoms with Crippen LogP contribution >= 0.6 is 11.8 Å². The highest BCUT2D eigenvalue weighted by molar-refractivity contribution is 7.98. The molecule has 0 aliphatic heterocycles. The lowest BCUT2D eigenvalue weighted by molar-refractivity contribution is -0.117. The lowest BCUT2D eigenvalue weighted by atomic mass is 10.1. The zero-order valence-electron chi connectivity index (χ0n) is 12.1. The molecule has 0 unspecified atom stereocenters. The molecule has 1 aliphatic carbocycles. The van der Waals surface area contributed by atoms with E-state index in [0.717, 1.165) is 18.6 Å².